The molecule has 0 saturated carbocycles. The van der Waals surface area contributed by atoms with Crippen LogP contribution >= 0.6 is 11.3 Å². The van der Waals surface area contributed by atoms with E-state index in [4.69, 9.17) is 9.84 Å². The van der Waals surface area contributed by atoms with Gasteiger partial charge in [0.15, 0.2) is 0 Å². The molecular formula is C12H14N2O4S. The molecule has 0 radical (unpaired) electrons. The average molecular weight is 282 g/mol. The zero-order valence-corrected chi connectivity index (χ0v) is 11.5. The Morgan fingerprint density at radius 1 is 1.58 bits per heavy atom. The highest BCUT2D eigenvalue weighted by atomic mass is 32.1. The normalized spacial score (nSPS) is 10.9. The van der Waals surface area contributed by atoms with Crippen molar-refractivity contribution in [3.8, 4) is 0 Å². The van der Waals surface area contributed by atoms with Gasteiger partial charge in [-0.25, -0.2) is 9.78 Å². The van der Waals surface area contributed by atoms with Crippen molar-refractivity contribution in [2.75, 3.05) is 13.2 Å². The van der Waals surface area contributed by atoms with Gasteiger partial charge in [-0.2, -0.15) is 0 Å². The molecule has 2 heterocycles. The fourth-order valence-electron chi connectivity index (χ4n) is 1.82. The number of rotatable bonds is 4. The van der Waals surface area contributed by atoms with E-state index in [-0.39, 0.29) is 25.3 Å². The molecule has 0 saturated heterocycles. The maximum absolute atomic E-state index is 12.2. The number of carbonyl (C=O) groups is 1. The summed E-state index contributed by atoms with van der Waals surface area (Å²) in [6.45, 7) is 3.77. The highest BCUT2D eigenvalue weighted by Crippen LogP contribution is 2.27. The molecule has 0 spiro atoms. The van der Waals surface area contributed by atoms with Gasteiger partial charge in [0.25, 0.3) is 5.56 Å². The summed E-state index contributed by atoms with van der Waals surface area (Å²) < 4.78 is 6.28. The third-order valence-electron chi connectivity index (χ3n) is 2.72. The van der Waals surface area contributed by atoms with Crippen LogP contribution in [-0.2, 0) is 11.3 Å². The number of aliphatic hydroxyl groups is 1. The average Bonchev–Trinajstić information content (AvgIpc) is 2.71. The molecule has 2 aromatic rings. The number of thiophene rings is 1. The maximum Gasteiger partial charge on any atom is 0.348 e. The first-order chi connectivity index (χ1) is 9.10. The van der Waals surface area contributed by atoms with Crippen LogP contribution in [0, 0.1) is 6.92 Å². The SMILES string of the molecule is CCOC(=O)c1sc2ncn(CCO)c(=O)c2c1C. The second-order valence-corrected chi connectivity index (χ2v) is 4.92. The minimum absolute atomic E-state index is 0.138. The second-order valence-electron chi connectivity index (χ2n) is 3.92. The van der Waals surface area contributed by atoms with Gasteiger partial charge in [0.2, 0.25) is 0 Å². The number of aromatic nitrogens is 2. The summed E-state index contributed by atoms with van der Waals surface area (Å²) in [6.07, 6.45) is 1.38. The van der Waals surface area contributed by atoms with Gasteiger partial charge in [-0.05, 0) is 19.4 Å². The highest BCUT2D eigenvalue weighted by molar-refractivity contribution is 7.20. The number of fused-ring (bicyclic) bond motifs is 1. The van der Waals surface area contributed by atoms with Crippen LogP contribution in [-0.4, -0.2) is 33.8 Å². The molecule has 0 fully saturated rings. The van der Waals surface area contributed by atoms with Gasteiger partial charge in [-0.15, -0.1) is 11.3 Å². The van der Waals surface area contributed by atoms with Crippen molar-refractivity contribution < 1.29 is 14.6 Å². The van der Waals surface area contributed by atoms with E-state index < -0.39 is 5.97 Å². The first kappa shape index (κ1) is 13.7. The van der Waals surface area contributed by atoms with E-state index in [9.17, 15) is 9.59 Å². The monoisotopic (exact) mass is 282 g/mol. The van der Waals surface area contributed by atoms with Gasteiger partial charge >= 0.3 is 5.97 Å². The Kier molecular flexibility index (Phi) is 3.96. The molecule has 0 atom stereocenters. The van der Waals surface area contributed by atoms with E-state index in [1.165, 1.54) is 10.9 Å². The molecule has 1 N–H and O–H groups in total. The second kappa shape index (κ2) is 5.50. The third-order valence-corrected chi connectivity index (χ3v) is 3.90. The fourth-order valence-corrected chi connectivity index (χ4v) is 2.85. The lowest BCUT2D eigenvalue weighted by Gasteiger charge is -2.02. The minimum atomic E-state index is -0.434. The summed E-state index contributed by atoms with van der Waals surface area (Å²) in [5, 5.41) is 9.31. The van der Waals surface area contributed by atoms with E-state index in [0.717, 1.165) is 11.3 Å². The molecule has 0 amide bonds. The summed E-state index contributed by atoms with van der Waals surface area (Å²) in [7, 11) is 0. The standard InChI is InChI=1S/C12H14N2O4S/c1-3-18-12(17)9-7(2)8-10(19-9)13-6-14(4-5-15)11(8)16/h6,15H,3-5H2,1-2H3. The summed E-state index contributed by atoms with van der Waals surface area (Å²) in [6, 6.07) is 0. The topological polar surface area (TPSA) is 81.4 Å². The summed E-state index contributed by atoms with van der Waals surface area (Å²) in [5.74, 6) is -0.434. The predicted octanol–water partition coefficient (Wildman–Crippen LogP) is 0.935. The molecule has 0 bridgehead atoms. The van der Waals surface area contributed by atoms with Crippen molar-refractivity contribution >= 4 is 27.5 Å². The molecule has 102 valence electrons. The van der Waals surface area contributed by atoms with Crippen molar-refractivity contribution in [2.45, 2.75) is 20.4 Å². The number of aliphatic hydroxyl groups excluding tert-OH is 1. The minimum Gasteiger partial charge on any atom is -0.462 e. The van der Waals surface area contributed by atoms with E-state index in [0.29, 0.717) is 20.7 Å². The fraction of sp³-hybridized carbons (Fsp3) is 0.417. The molecule has 6 nitrogen and oxygen atoms in total. The Hall–Kier alpha value is -1.73. The van der Waals surface area contributed by atoms with E-state index >= 15 is 0 Å². The Bertz CT molecular complexity index is 674. The van der Waals surface area contributed by atoms with Crippen molar-refractivity contribution in [1.29, 1.82) is 0 Å². The summed E-state index contributed by atoms with van der Waals surface area (Å²) in [5.41, 5.74) is 0.339. The first-order valence-electron chi connectivity index (χ1n) is 5.86. The number of ether oxygens (including phenoxy) is 1. The number of aryl methyl sites for hydroxylation is 1. The van der Waals surface area contributed by atoms with Gasteiger partial charge in [0.1, 0.15) is 9.71 Å². The predicted molar refractivity (Wildman–Crippen MR) is 71.7 cm³/mol. The van der Waals surface area contributed by atoms with Gasteiger partial charge in [-0.3, -0.25) is 9.36 Å². The molecule has 0 aliphatic rings. The molecule has 0 aromatic carbocycles. The van der Waals surface area contributed by atoms with Crippen LogP contribution in [0.25, 0.3) is 10.2 Å². The van der Waals surface area contributed by atoms with E-state index in [1.54, 1.807) is 13.8 Å². The van der Waals surface area contributed by atoms with Crippen molar-refractivity contribution in [1.82, 2.24) is 9.55 Å². The van der Waals surface area contributed by atoms with Gasteiger partial charge < -0.3 is 9.84 Å². The van der Waals surface area contributed by atoms with Crippen molar-refractivity contribution in [3.05, 3.63) is 27.1 Å². The molecule has 0 unspecified atom stereocenters. The molecular weight excluding hydrogens is 268 g/mol. The van der Waals surface area contributed by atoms with Crippen molar-refractivity contribution in [2.24, 2.45) is 0 Å². The van der Waals surface area contributed by atoms with Crippen LogP contribution in [0.15, 0.2) is 11.1 Å². The Morgan fingerprint density at radius 2 is 2.32 bits per heavy atom. The summed E-state index contributed by atoms with van der Waals surface area (Å²) in [4.78, 5) is 29.0. The molecule has 2 rings (SSSR count). The van der Waals surface area contributed by atoms with Crippen molar-refractivity contribution in [3.63, 3.8) is 0 Å². The van der Waals surface area contributed by atoms with Crippen LogP contribution in [0.3, 0.4) is 0 Å². The Morgan fingerprint density at radius 3 is 2.95 bits per heavy atom. The Labute approximate surface area is 113 Å². The van der Waals surface area contributed by atoms with Gasteiger partial charge in [0.05, 0.1) is 31.5 Å². The molecule has 2 aromatic heterocycles. The molecule has 0 aliphatic heterocycles. The number of esters is 1. The van der Waals surface area contributed by atoms with E-state index in [1.807, 2.05) is 0 Å². The lowest BCUT2D eigenvalue weighted by Crippen LogP contribution is -2.22. The molecule has 0 aliphatic carbocycles. The third kappa shape index (κ3) is 2.39. The lowest BCUT2D eigenvalue weighted by atomic mass is 10.2. The number of hydrogen-bond acceptors (Lipinski definition) is 6. The van der Waals surface area contributed by atoms with Crippen LogP contribution in [0.2, 0.25) is 0 Å². The van der Waals surface area contributed by atoms with E-state index in [2.05, 4.69) is 4.98 Å². The van der Waals surface area contributed by atoms with Crippen LogP contribution < -0.4 is 5.56 Å². The summed E-state index contributed by atoms with van der Waals surface area (Å²) >= 11 is 1.15. The van der Waals surface area contributed by atoms with Gasteiger partial charge in [-0.1, -0.05) is 0 Å². The van der Waals surface area contributed by atoms with Crippen LogP contribution in [0.5, 0.6) is 0 Å². The smallest absolute Gasteiger partial charge is 0.348 e. The molecule has 19 heavy (non-hydrogen) atoms. The zero-order valence-electron chi connectivity index (χ0n) is 10.7. The number of carbonyl (C=O) groups excluding carboxylic acids is 1. The number of hydrogen-bond donors (Lipinski definition) is 1. The van der Waals surface area contributed by atoms with Gasteiger partial charge in [0, 0.05) is 0 Å². The van der Waals surface area contributed by atoms with Crippen LogP contribution in [0.4, 0.5) is 0 Å². The maximum atomic E-state index is 12.2. The quantitative estimate of drug-likeness (QED) is 0.844. The number of nitrogens with zero attached hydrogens (tertiary/aromatic N) is 2. The zero-order chi connectivity index (χ0) is 14.0. The Balaban J connectivity index is 2.61. The lowest BCUT2D eigenvalue weighted by molar-refractivity contribution is 0.0531. The van der Waals surface area contributed by atoms with Crippen LogP contribution in [0.1, 0.15) is 22.2 Å². The highest BCUT2D eigenvalue weighted by Gasteiger charge is 2.20. The molecule has 7 heteroatoms. The largest absolute Gasteiger partial charge is 0.462 e. The first-order valence-corrected chi connectivity index (χ1v) is 6.68.